The van der Waals surface area contributed by atoms with Crippen molar-refractivity contribution in [2.45, 2.75) is 49.8 Å². The molecule has 0 aromatic heterocycles. The number of likely N-dealkylation sites (tertiary alicyclic amines) is 1. The molecule has 2 saturated carbocycles. The first kappa shape index (κ1) is 17.1. The average Bonchev–Trinajstić information content (AvgIpc) is 3.18. The standard InChI is InChI=1S/C17H25F2N3O3/c1-10-3-12(10)15(24)22-8-16(9-22)7-21(2)13(6-25-16)14(23)20-11-4-17(18,19)5-11/h10-13H,3-9H2,1-2H3,(H,20,23)/t10-,12+,13-/m1/s1. The number of nitrogens with zero attached hydrogens (tertiary/aromatic N) is 2. The van der Waals surface area contributed by atoms with Crippen LogP contribution in [-0.2, 0) is 14.3 Å². The Labute approximate surface area is 145 Å². The Morgan fingerprint density at radius 3 is 2.36 bits per heavy atom. The first-order valence-electron chi connectivity index (χ1n) is 8.99. The van der Waals surface area contributed by atoms with Crippen molar-refractivity contribution in [2.75, 3.05) is 33.3 Å². The first-order chi connectivity index (χ1) is 11.7. The summed E-state index contributed by atoms with van der Waals surface area (Å²) in [6.45, 7) is 4.03. The van der Waals surface area contributed by atoms with E-state index in [-0.39, 0.29) is 42.8 Å². The smallest absolute Gasteiger partial charge is 0.252 e. The van der Waals surface area contributed by atoms with Crippen LogP contribution < -0.4 is 5.32 Å². The van der Waals surface area contributed by atoms with E-state index in [9.17, 15) is 18.4 Å². The Bertz CT molecular complexity index is 586. The lowest BCUT2D eigenvalue weighted by Crippen LogP contribution is -2.73. The Morgan fingerprint density at radius 1 is 1.20 bits per heavy atom. The van der Waals surface area contributed by atoms with Crippen molar-refractivity contribution in [1.82, 2.24) is 15.1 Å². The second-order valence-corrected chi connectivity index (χ2v) is 8.41. The molecule has 2 aliphatic carbocycles. The van der Waals surface area contributed by atoms with Crippen molar-refractivity contribution in [3.8, 4) is 0 Å². The van der Waals surface area contributed by atoms with Crippen LogP contribution in [0.4, 0.5) is 8.78 Å². The van der Waals surface area contributed by atoms with Crippen molar-refractivity contribution in [3.63, 3.8) is 0 Å². The summed E-state index contributed by atoms with van der Waals surface area (Å²) in [7, 11) is 1.84. The number of morpholine rings is 1. The van der Waals surface area contributed by atoms with Gasteiger partial charge in [-0.25, -0.2) is 8.78 Å². The van der Waals surface area contributed by atoms with Crippen molar-refractivity contribution in [2.24, 2.45) is 11.8 Å². The molecule has 8 heteroatoms. The third kappa shape index (κ3) is 3.14. The van der Waals surface area contributed by atoms with E-state index in [1.54, 1.807) is 0 Å². The largest absolute Gasteiger partial charge is 0.368 e. The number of carbonyl (C=O) groups is 2. The zero-order valence-electron chi connectivity index (χ0n) is 14.6. The maximum absolute atomic E-state index is 12.9. The minimum Gasteiger partial charge on any atom is -0.368 e. The molecule has 2 saturated heterocycles. The Balaban J connectivity index is 1.25. The molecule has 0 bridgehead atoms. The summed E-state index contributed by atoms with van der Waals surface area (Å²) < 4.78 is 31.7. The number of halogens is 2. The van der Waals surface area contributed by atoms with E-state index >= 15 is 0 Å². The van der Waals surface area contributed by atoms with Crippen molar-refractivity contribution in [1.29, 1.82) is 0 Å². The predicted octanol–water partition coefficient (Wildman–Crippen LogP) is 0.468. The summed E-state index contributed by atoms with van der Waals surface area (Å²) >= 11 is 0. The number of hydrogen-bond acceptors (Lipinski definition) is 4. The number of likely N-dealkylation sites (N-methyl/N-ethyl adjacent to an activating group) is 1. The van der Waals surface area contributed by atoms with Crippen molar-refractivity contribution in [3.05, 3.63) is 0 Å². The van der Waals surface area contributed by atoms with Gasteiger partial charge in [0, 0.05) is 31.3 Å². The number of alkyl halides is 2. The van der Waals surface area contributed by atoms with Crippen molar-refractivity contribution < 1.29 is 23.1 Å². The molecule has 1 N–H and O–H groups in total. The molecule has 3 atom stereocenters. The number of carbonyl (C=O) groups excluding carboxylic acids is 2. The number of rotatable bonds is 3. The highest BCUT2D eigenvalue weighted by molar-refractivity contribution is 5.83. The van der Waals surface area contributed by atoms with Gasteiger partial charge in [-0.05, 0) is 19.4 Å². The highest BCUT2D eigenvalue weighted by Gasteiger charge is 2.54. The summed E-state index contributed by atoms with van der Waals surface area (Å²) in [5.74, 6) is -2.01. The molecule has 4 rings (SSSR count). The molecule has 1 spiro atoms. The van der Waals surface area contributed by atoms with E-state index in [0.717, 1.165) is 6.42 Å². The Hall–Kier alpha value is -1.28. The summed E-state index contributed by atoms with van der Waals surface area (Å²) in [6, 6.07) is -0.905. The summed E-state index contributed by atoms with van der Waals surface area (Å²) in [4.78, 5) is 28.3. The van der Waals surface area contributed by atoms with Crippen LogP contribution in [0.15, 0.2) is 0 Å². The van der Waals surface area contributed by atoms with Crippen LogP contribution in [-0.4, -0.2) is 78.5 Å². The number of ether oxygens (including phenoxy) is 1. The monoisotopic (exact) mass is 357 g/mol. The normalized spacial score (nSPS) is 36.5. The first-order valence-corrected chi connectivity index (χ1v) is 8.99. The topological polar surface area (TPSA) is 61.9 Å². The zero-order chi connectivity index (χ0) is 18.0. The number of nitrogens with one attached hydrogen (secondary N) is 1. The average molecular weight is 357 g/mol. The van der Waals surface area contributed by atoms with Gasteiger partial charge >= 0.3 is 0 Å². The molecule has 0 radical (unpaired) electrons. The summed E-state index contributed by atoms with van der Waals surface area (Å²) in [5, 5.41) is 2.69. The highest BCUT2D eigenvalue weighted by atomic mass is 19.3. The maximum Gasteiger partial charge on any atom is 0.252 e. The zero-order valence-corrected chi connectivity index (χ0v) is 14.6. The lowest BCUT2D eigenvalue weighted by molar-refractivity contribution is -0.202. The molecule has 25 heavy (non-hydrogen) atoms. The molecule has 2 amide bonds. The van der Waals surface area contributed by atoms with E-state index in [1.807, 2.05) is 16.8 Å². The van der Waals surface area contributed by atoms with Crippen LogP contribution in [0.5, 0.6) is 0 Å². The molecular formula is C17H25F2N3O3. The van der Waals surface area contributed by atoms with Gasteiger partial charge in [0.25, 0.3) is 5.92 Å². The predicted molar refractivity (Wildman–Crippen MR) is 85.1 cm³/mol. The fraction of sp³-hybridized carbons (Fsp3) is 0.882. The molecule has 2 heterocycles. The molecule has 4 aliphatic rings. The van der Waals surface area contributed by atoms with Gasteiger partial charge in [0.05, 0.1) is 19.7 Å². The molecule has 0 unspecified atom stereocenters. The number of amides is 2. The second kappa shape index (κ2) is 5.61. The molecule has 140 valence electrons. The van der Waals surface area contributed by atoms with Gasteiger partial charge in [-0.1, -0.05) is 6.92 Å². The second-order valence-electron chi connectivity index (χ2n) is 8.41. The third-order valence-corrected chi connectivity index (χ3v) is 6.05. The minimum atomic E-state index is -2.64. The lowest BCUT2D eigenvalue weighted by Gasteiger charge is -2.55. The van der Waals surface area contributed by atoms with Gasteiger partial charge in [0.1, 0.15) is 11.6 Å². The van der Waals surface area contributed by atoms with Gasteiger partial charge in [0.15, 0.2) is 0 Å². The number of hydrogen-bond donors (Lipinski definition) is 1. The van der Waals surface area contributed by atoms with Gasteiger partial charge in [0.2, 0.25) is 11.8 Å². The Morgan fingerprint density at radius 2 is 1.84 bits per heavy atom. The Kier molecular flexibility index (Phi) is 3.85. The lowest BCUT2D eigenvalue weighted by atomic mass is 9.87. The van der Waals surface area contributed by atoms with E-state index in [2.05, 4.69) is 12.2 Å². The maximum atomic E-state index is 12.9. The van der Waals surface area contributed by atoms with Crippen LogP contribution in [0.25, 0.3) is 0 Å². The third-order valence-electron chi connectivity index (χ3n) is 6.05. The molecular weight excluding hydrogens is 332 g/mol. The van der Waals surface area contributed by atoms with Crippen LogP contribution in [0.2, 0.25) is 0 Å². The minimum absolute atomic E-state index is 0.179. The molecule has 6 nitrogen and oxygen atoms in total. The molecule has 0 aromatic rings. The van der Waals surface area contributed by atoms with E-state index in [1.165, 1.54) is 0 Å². The van der Waals surface area contributed by atoms with Gasteiger partial charge < -0.3 is 15.0 Å². The fourth-order valence-corrected chi connectivity index (χ4v) is 4.23. The van der Waals surface area contributed by atoms with Crippen LogP contribution in [0, 0.1) is 11.8 Å². The quantitative estimate of drug-likeness (QED) is 0.798. The van der Waals surface area contributed by atoms with E-state index in [4.69, 9.17) is 4.74 Å². The molecule has 2 aliphatic heterocycles. The van der Waals surface area contributed by atoms with Crippen LogP contribution in [0.1, 0.15) is 26.2 Å². The molecule has 4 fully saturated rings. The fourth-order valence-electron chi connectivity index (χ4n) is 4.23. The molecule has 0 aromatic carbocycles. The van der Waals surface area contributed by atoms with E-state index < -0.39 is 18.0 Å². The van der Waals surface area contributed by atoms with Crippen LogP contribution in [0.3, 0.4) is 0 Å². The van der Waals surface area contributed by atoms with E-state index in [0.29, 0.717) is 25.6 Å². The van der Waals surface area contributed by atoms with Gasteiger partial charge in [-0.15, -0.1) is 0 Å². The highest BCUT2D eigenvalue weighted by Crippen LogP contribution is 2.42. The van der Waals surface area contributed by atoms with Crippen molar-refractivity contribution >= 4 is 11.8 Å². The van der Waals surface area contributed by atoms with Crippen LogP contribution >= 0.6 is 0 Å². The summed E-state index contributed by atoms with van der Waals surface area (Å²) in [5.41, 5.74) is -0.386. The van der Waals surface area contributed by atoms with Gasteiger partial charge in [-0.2, -0.15) is 0 Å². The summed E-state index contributed by atoms with van der Waals surface area (Å²) in [6.07, 6.45) is 0.415. The van der Waals surface area contributed by atoms with Gasteiger partial charge in [-0.3, -0.25) is 14.5 Å². The SMILES string of the molecule is C[C@@H]1C[C@@H]1C(=O)N1CC2(C1)CN(C)[C@@H](C(=O)NC1CC(F)(F)C1)CO2.